The topological polar surface area (TPSA) is 37.8 Å². The number of hydrogen-bond donors (Lipinski definition) is 1. The van der Waals surface area contributed by atoms with Gasteiger partial charge in [-0.1, -0.05) is 20.8 Å². The van der Waals surface area contributed by atoms with E-state index < -0.39 is 0 Å². The number of thiazole rings is 1. The standard InChI is InChI=1S/C12H13Br2N3S/c1-12(2,3)9-6-18-11(16-9)17-10-8(14)4-7(13)5-15-10/h4-6H,1-3H3,(H,15,16,17). The normalized spacial score (nSPS) is 11.6. The number of anilines is 2. The SMILES string of the molecule is CC(C)(C)c1csc(Nc2ncc(Br)cc2Br)n1. The van der Waals surface area contributed by atoms with Gasteiger partial charge in [-0.25, -0.2) is 9.97 Å². The molecular weight excluding hydrogens is 378 g/mol. The maximum Gasteiger partial charge on any atom is 0.188 e. The third-order valence-electron chi connectivity index (χ3n) is 2.31. The van der Waals surface area contributed by atoms with Crippen LogP contribution in [0.15, 0.2) is 26.6 Å². The van der Waals surface area contributed by atoms with Gasteiger partial charge < -0.3 is 5.32 Å². The van der Waals surface area contributed by atoms with E-state index in [1.54, 1.807) is 17.5 Å². The summed E-state index contributed by atoms with van der Waals surface area (Å²) in [5.41, 5.74) is 1.16. The van der Waals surface area contributed by atoms with E-state index in [4.69, 9.17) is 0 Å². The lowest BCUT2D eigenvalue weighted by atomic mass is 9.93. The fourth-order valence-corrected chi connectivity index (χ4v) is 3.31. The number of pyridine rings is 1. The molecule has 3 nitrogen and oxygen atoms in total. The van der Waals surface area contributed by atoms with Crippen LogP contribution < -0.4 is 5.32 Å². The van der Waals surface area contributed by atoms with Gasteiger partial charge in [0.1, 0.15) is 5.82 Å². The zero-order valence-electron chi connectivity index (χ0n) is 10.3. The highest BCUT2D eigenvalue weighted by Gasteiger charge is 2.17. The Morgan fingerprint density at radius 3 is 2.56 bits per heavy atom. The van der Waals surface area contributed by atoms with Gasteiger partial charge in [-0.15, -0.1) is 11.3 Å². The molecule has 96 valence electrons. The lowest BCUT2D eigenvalue weighted by Crippen LogP contribution is -2.11. The van der Waals surface area contributed by atoms with Crippen LogP contribution in [0.2, 0.25) is 0 Å². The zero-order valence-corrected chi connectivity index (χ0v) is 14.3. The summed E-state index contributed by atoms with van der Waals surface area (Å²) in [7, 11) is 0. The average molecular weight is 391 g/mol. The summed E-state index contributed by atoms with van der Waals surface area (Å²) in [5, 5.41) is 6.16. The van der Waals surface area contributed by atoms with Crippen LogP contribution >= 0.6 is 43.2 Å². The lowest BCUT2D eigenvalue weighted by Gasteiger charge is -2.14. The molecule has 0 saturated heterocycles. The predicted octanol–water partition coefficient (Wildman–Crippen LogP) is 5.10. The van der Waals surface area contributed by atoms with Crippen molar-refractivity contribution >= 4 is 54.1 Å². The van der Waals surface area contributed by atoms with E-state index in [2.05, 4.69) is 73.3 Å². The Kier molecular flexibility index (Phi) is 4.08. The summed E-state index contributed by atoms with van der Waals surface area (Å²) in [5.74, 6) is 0.771. The van der Waals surface area contributed by atoms with Gasteiger partial charge in [-0.2, -0.15) is 0 Å². The van der Waals surface area contributed by atoms with E-state index in [0.29, 0.717) is 0 Å². The highest BCUT2D eigenvalue weighted by atomic mass is 79.9. The summed E-state index contributed by atoms with van der Waals surface area (Å²) >= 11 is 8.44. The molecule has 0 aliphatic rings. The van der Waals surface area contributed by atoms with Gasteiger partial charge in [-0.3, -0.25) is 0 Å². The van der Waals surface area contributed by atoms with E-state index in [1.165, 1.54) is 0 Å². The van der Waals surface area contributed by atoms with Crippen molar-refractivity contribution in [1.29, 1.82) is 0 Å². The quantitative estimate of drug-likeness (QED) is 0.774. The molecule has 1 N–H and O–H groups in total. The number of nitrogens with zero attached hydrogens (tertiary/aromatic N) is 2. The van der Waals surface area contributed by atoms with Gasteiger partial charge in [0.05, 0.1) is 10.2 Å². The van der Waals surface area contributed by atoms with E-state index in [9.17, 15) is 0 Å². The molecule has 0 bridgehead atoms. The van der Waals surface area contributed by atoms with Crippen molar-refractivity contribution in [2.45, 2.75) is 26.2 Å². The first kappa shape index (κ1) is 14.0. The van der Waals surface area contributed by atoms with Gasteiger partial charge in [0.2, 0.25) is 0 Å². The van der Waals surface area contributed by atoms with Crippen molar-refractivity contribution in [2.24, 2.45) is 0 Å². The molecule has 0 aliphatic heterocycles. The van der Waals surface area contributed by atoms with Crippen molar-refractivity contribution in [1.82, 2.24) is 9.97 Å². The zero-order chi connectivity index (χ0) is 13.3. The second-order valence-electron chi connectivity index (χ2n) is 4.90. The second-order valence-corrected chi connectivity index (χ2v) is 7.52. The van der Waals surface area contributed by atoms with Crippen LogP contribution in [-0.2, 0) is 5.41 Å². The molecule has 0 radical (unpaired) electrons. The lowest BCUT2D eigenvalue weighted by molar-refractivity contribution is 0.573. The summed E-state index contributed by atoms with van der Waals surface area (Å²) in [6.45, 7) is 6.46. The molecule has 0 amide bonds. The van der Waals surface area contributed by atoms with Crippen LogP contribution in [0.1, 0.15) is 26.5 Å². The van der Waals surface area contributed by atoms with Gasteiger partial charge >= 0.3 is 0 Å². The molecule has 0 saturated carbocycles. The maximum absolute atomic E-state index is 4.58. The van der Waals surface area contributed by atoms with E-state index in [0.717, 1.165) is 25.6 Å². The fraction of sp³-hybridized carbons (Fsp3) is 0.333. The molecule has 2 aromatic rings. The predicted molar refractivity (Wildman–Crippen MR) is 83.7 cm³/mol. The largest absolute Gasteiger partial charge is 0.315 e. The first-order chi connectivity index (χ1) is 8.36. The summed E-state index contributed by atoms with van der Waals surface area (Å²) in [4.78, 5) is 8.88. The average Bonchev–Trinajstić information content (AvgIpc) is 2.70. The van der Waals surface area contributed by atoms with Gasteiger partial charge in [-0.05, 0) is 37.9 Å². The van der Waals surface area contributed by atoms with Crippen LogP contribution in [0.4, 0.5) is 10.9 Å². The molecule has 18 heavy (non-hydrogen) atoms. The first-order valence-corrected chi connectivity index (χ1v) is 7.87. The van der Waals surface area contributed by atoms with Crippen LogP contribution in [0.3, 0.4) is 0 Å². The molecule has 0 aliphatic carbocycles. The molecule has 2 rings (SSSR count). The number of nitrogens with one attached hydrogen (secondary N) is 1. The third-order valence-corrected chi connectivity index (χ3v) is 4.10. The molecule has 2 heterocycles. The molecular formula is C12H13Br2N3S. The Hall–Kier alpha value is -0.460. The first-order valence-electron chi connectivity index (χ1n) is 5.40. The van der Waals surface area contributed by atoms with Crippen LogP contribution in [0, 0.1) is 0 Å². The van der Waals surface area contributed by atoms with Crippen LogP contribution in [0.5, 0.6) is 0 Å². The monoisotopic (exact) mass is 389 g/mol. The van der Waals surface area contributed by atoms with E-state index in [-0.39, 0.29) is 5.41 Å². The van der Waals surface area contributed by atoms with Crippen molar-refractivity contribution < 1.29 is 0 Å². The van der Waals surface area contributed by atoms with Gasteiger partial charge in [0.15, 0.2) is 5.13 Å². The molecule has 2 aromatic heterocycles. The molecule has 0 atom stereocenters. The highest BCUT2D eigenvalue weighted by Crippen LogP contribution is 2.30. The Balaban J connectivity index is 2.21. The smallest absolute Gasteiger partial charge is 0.188 e. The summed E-state index contributed by atoms with van der Waals surface area (Å²) in [6, 6.07) is 1.95. The number of rotatable bonds is 2. The number of hydrogen-bond acceptors (Lipinski definition) is 4. The Labute approximate surface area is 127 Å². The maximum atomic E-state index is 4.58. The van der Waals surface area contributed by atoms with Crippen LogP contribution in [0.25, 0.3) is 0 Å². The minimum atomic E-state index is 0.0702. The molecule has 6 heteroatoms. The number of halogens is 2. The third kappa shape index (κ3) is 3.30. The Morgan fingerprint density at radius 2 is 2.00 bits per heavy atom. The Morgan fingerprint density at radius 1 is 1.28 bits per heavy atom. The molecule has 0 fully saturated rings. The highest BCUT2D eigenvalue weighted by molar-refractivity contribution is 9.11. The summed E-state index contributed by atoms with van der Waals surface area (Å²) in [6.07, 6.45) is 1.76. The van der Waals surface area contributed by atoms with Gasteiger partial charge in [0.25, 0.3) is 0 Å². The van der Waals surface area contributed by atoms with Crippen molar-refractivity contribution in [2.75, 3.05) is 5.32 Å². The van der Waals surface area contributed by atoms with Gasteiger partial charge in [0, 0.05) is 21.5 Å². The Bertz CT molecular complexity index is 561. The fourth-order valence-electron chi connectivity index (χ4n) is 1.28. The molecule has 0 spiro atoms. The van der Waals surface area contributed by atoms with Crippen molar-refractivity contribution in [3.8, 4) is 0 Å². The van der Waals surface area contributed by atoms with E-state index in [1.807, 2.05) is 6.07 Å². The van der Waals surface area contributed by atoms with Crippen LogP contribution in [-0.4, -0.2) is 9.97 Å². The second kappa shape index (κ2) is 5.27. The van der Waals surface area contributed by atoms with E-state index >= 15 is 0 Å². The minimum Gasteiger partial charge on any atom is -0.315 e. The molecule has 0 aromatic carbocycles. The van der Waals surface area contributed by atoms with Crippen molar-refractivity contribution in [3.63, 3.8) is 0 Å². The molecule has 0 unspecified atom stereocenters. The summed E-state index contributed by atoms with van der Waals surface area (Å²) < 4.78 is 1.85. The van der Waals surface area contributed by atoms with Crippen molar-refractivity contribution in [3.05, 3.63) is 32.3 Å². The number of aromatic nitrogens is 2. The minimum absolute atomic E-state index is 0.0702.